The van der Waals surface area contributed by atoms with Gasteiger partial charge in [0.25, 0.3) is 0 Å². The Morgan fingerprint density at radius 1 is 0.975 bits per heavy atom. The minimum atomic E-state index is -0.914. The number of amides is 3. The van der Waals surface area contributed by atoms with E-state index in [9.17, 15) is 19.5 Å². The molecule has 3 N–H and O–H groups in total. The van der Waals surface area contributed by atoms with Crippen LogP contribution in [-0.4, -0.2) is 55.2 Å². The molecule has 3 amide bonds. The highest BCUT2D eigenvalue weighted by atomic mass is 79.9. The molecule has 0 saturated carbocycles. The number of halogens is 2. The summed E-state index contributed by atoms with van der Waals surface area (Å²) >= 11 is 11.4. The molecule has 3 aliphatic rings. The molecule has 3 aliphatic heterocycles. The van der Waals surface area contributed by atoms with E-state index >= 15 is 0 Å². The number of nitrogens with zero attached hydrogens (tertiary/aromatic N) is 1. The van der Waals surface area contributed by atoms with E-state index in [4.69, 9.17) is 11.6 Å². The van der Waals surface area contributed by atoms with Crippen molar-refractivity contribution in [1.82, 2.24) is 4.90 Å². The summed E-state index contributed by atoms with van der Waals surface area (Å²) < 4.78 is -0.854. The van der Waals surface area contributed by atoms with Crippen molar-refractivity contribution in [3.05, 3.63) is 95.5 Å². The van der Waals surface area contributed by atoms with Crippen molar-refractivity contribution in [2.45, 2.75) is 33.3 Å². The molecule has 6 rings (SSSR count). The van der Waals surface area contributed by atoms with Crippen LogP contribution in [0.25, 0.3) is 0 Å². The molecule has 7 nitrogen and oxygen atoms in total. The van der Waals surface area contributed by atoms with Crippen molar-refractivity contribution >= 4 is 68.4 Å². The number of hydrogen-bond acceptors (Lipinski definition) is 5. The van der Waals surface area contributed by atoms with E-state index in [2.05, 4.69) is 26.6 Å². The summed E-state index contributed by atoms with van der Waals surface area (Å²) in [7, 11) is 0. The van der Waals surface area contributed by atoms with Crippen LogP contribution in [0.5, 0.6) is 0 Å². The maximum atomic E-state index is 14.4. The third-order valence-corrected chi connectivity index (χ3v) is 11.6. The summed E-state index contributed by atoms with van der Waals surface area (Å²) in [6.07, 6.45) is 0.538. The normalized spacial score (nSPS) is 29.2. The zero-order chi connectivity index (χ0) is 28.0. The van der Waals surface area contributed by atoms with Crippen molar-refractivity contribution in [2.24, 2.45) is 11.8 Å². The van der Waals surface area contributed by atoms with Crippen LogP contribution in [0.2, 0.25) is 5.02 Å². The van der Waals surface area contributed by atoms with E-state index in [-0.39, 0.29) is 34.4 Å². The summed E-state index contributed by atoms with van der Waals surface area (Å²) in [6, 6.07) is 23.5. The Hall–Kier alpha value is -2.85. The molecule has 10 heteroatoms. The SMILES string of the molecule is O=C(Nc1ccc(Cl)cc1)C1N([C@H](CO)c2ccccc2)C(=O)[C@@H]2[C@@H](C(=O)Nc3ccccc3)[C@@H]3SC12CC3Br. The highest BCUT2D eigenvalue weighted by molar-refractivity contribution is 9.09. The van der Waals surface area contributed by atoms with E-state index in [1.165, 1.54) is 4.90 Å². The number of alkyl halides is 1. The number of thioether (sulfide) groups is 1. The van der Waals surface area contributed by atoms with Gasteiger partial charge >= 0.3 is 0 Å². The van der Waals surface area contributed by atoms with Crippen LogP contribution in [0, 0.1) is 11.8 Å². The molecule has 0 radical (unpaired) electrons. The second kappa shape index (κ2) is 10.9. The molecule has 7 atom stereocenters. The summed E-state index contributed by atoms with van der Waals surface area (Å²) in [5, 5.41) is 16.9. The van der Waals surface area contributed by atoms with Crippen LogP contribution < -0.4 is 10.6 Å². The van der Waals surface area contributed by atoms with Gasteiger partial charge in [0.2, 0.25) is 17.7 Å². The maximum Gasteiger partial charge on any atom is 0.248 e. The Labute approximate surface area is 249 Å². The number of likely N-dealkylation sites (tertiary alicyclic amines) is 1. The van der Waals surface area contributed by atoms with E-state index in [0.29, 0.717) is 22.8 Å². The predicted octanol–water partition coefficient (Wildman–Crippen LogP) is 5.12. The molecule has 0 aliphatic carbocycles. The van der Waals surface area contributed by atoms with Gasteiger partial charge in [-0.3, -0.25) is 14.4 Å². The standard InChI is InChI=1S/C30H27BrClN3O4S/c31-21-15-30-24(23(25(21)40-30)27(37)33-19-9-5-2-6-10-19)29(39)35(22(16-36)17-7-3-1-4-8-17)26(30)28(38)34-20-13-11-18(32)12-14-20/h1-14,21-26,36H,15-16H2,(H,33,37)(H,34,38)/t21?,22-,23-,24+,25-,26?,30?/m1/s1. The molecular weight excluding hydrogens is 614 g/mol. The van der Waals surface area contributed by atoms with Gasteiger partial charge < -0.3 is 20.6 Å². The summed E-state index contributed by atoms with van der Waals surface area (Å²) in [4.78, 5) is 43.8. The Kier molecular flexibility index (Phi) is 7.41. The Bertz CT molecular complexity index is 1430. The van der Waals surface area contributed by atoms with E-state index < -0.39 is 28.7 Å². The van der Waals surface area contributed by atoms with Crippen molar-refractivity contribution < 1.29 is 19.5 Å². The molecule has 2 bridgehead atoms. The summed E-state index contributed by atoms with van der Waals surface area (Å²) in [5.41, 5.74) is 1.92. The topological polar surface area (TPSA) is 98.7 Å². The third-order valence-electron chi connectivity index (χ3n) is 8.12. The van der Waals surface area contributed by atoms with E-state index in [1.54, 1.807) is 36.0 Å². The highest BCUT2D eigenvalue weighted by Crippen LogP contribution is 2.68. The van der Waals surface area contributed by atoms with Crippen molar-refractivity contribution in [2.75, 3.05) is 17.2 Å². The number of aliphatic hydroxyl groups is 1. The number of benzene rings is 3. The average molecular weight is 641 g/mol. The molecule has 3 fully saturated rings. The molecule has 40 heavy (non-hydrogen) atoms. The lowest BCUT2D eigenvalue weighted by atomic mass is 9.70. The number of carbonyl (C=O) groups is 3. The number of fused-ring (bicyclic) bond motifs is 1. The fourth-order valence-electron chi connectivity index (χ4n) is 6.52. The zero-order valence-electron chi connectivity index (χ0n) is 21.2. The third kappa shape index (κ3) is 4.53. The first-order valence-electron chi connectivity index (χ1n) is 13.1. The number of aliphatic hydroxyl groups excluding tert-OH is 1. The first-order valence-corrected chi connectivity index (χ1v) is 15.2. The van der Waals surface area contributed by atoms with Crippen LogP contribution in [0.15, 0.2) is 84.9 Å². The smallest absolute Gasteiger partial charge is 0.248 e. The molecular formula is C30H27BrClN3O4S. The van der Waals surface area contributed by atoms with Crippen LogP contribution in [0.3, 0.4) is 0 Å². The van der Waals surface area contributed by atoms with Crippen LogP contribution in [0.4, 0.5) is 11.4 Å². The van der Waals surface area contributed by atoms with Crippen LogP contribution in [0.1, 0.15) is 18.0 Å². The lowest BCUT2D eigenvalue weighted by Crippen LogP contribution is -2.53. The van der Waals surface area contributed by atoms with Crippen LogP contribution in [-0.2, 0) is 14.4 Å². The first-order chi connectivity index (χ1) is 19.3. The number of hydrogen-bond donors (Lipinski definition) is 3. The van der Waals surface area contributed by atoms with Crippen molar-refractivity contribution in [3.8, 4) is 0 Å². The summed E-state index contributed by atoms with van der Waals surface area (Å²) in [6.45, 7) is -0.365. The molecule has 3 saturated heterocycles. The van der Waals surface area contributed by atoms with Gasteiger partial charge in [0.05, 0.1) is 29.2 Å². The quantitative estimate of drug-likeness (QED) is 0.312. The van der Waals surface area contributed by atoms with Gasteiger partial charge in [-0.25, -0.2) is 0 Å². The molecule has 0 aromatic heterocycles. The highest BCUT2D eigenvalue weighted by Gasteiger charge is 2.76. The fraction of sp³-hybridized carbons (Fsp3) is 0.300. The Morgan fingerprint density at radius 3 is 2.23 bits per heavy atom. The molecule has 3 unspecified atom stereocenters. The van der Waals surface area contributed by atoms with Gasteiger partial charge in [-0.1, -0.05) is 76.1 Å². The van der Waals surface area contributed by atoms with Crippen molar-refractivity contribution in [1.29, 1.82) is 0 Å². The minimum absolute atomic E-state index is 0.0665. The number of para-hydroxylation sites is 1. The predicted molar refractivity (Wildman–Crippen MR) is 160 cm³/mol. The lowest BCUT2D eigenvalue weighted by Gasteiger charge is -2.37. The number of carbonyl (C=O) groups excluding carboxylic acids is 3. The second-order valence-corrected chi connectivity index (χ2v) is 13.5. The Balaban J connectivity index is 1.42. The number of rotatable bonds is 7. The fourth-order valence-corrected chi connectivity index (χ4v) is 10.2. The maximum absolute atomic E-state index is 14.4. The second-order valence-electron chi connectivity index (χ2n) is 10.4. The summed E-state index contributed by atoms with van der Waals surface area (Å²) in [5.74, 6) is -2.26. The average Bonchev–Trinajstić information content (AvgIpc) is 3.55. The zero-order valence-corrected chi connectivity index (χ0v) is 24.4. The van der Waals surface area contributed by atoms with Gasteiger partial charge in [0, 0.05) is 26.5 Å². The van der Waals surface area contributed by atoms with Gasteiger partial charge in [-0.15, -0.1) is 11.8 Å². The molecule has 3 heterocycles. The first kappa shape index (κ1) is 27.3. The minimum Gasteiger partial charge on any atom is -0.394 e. The number of nitrogens with one attached hydrogen (secondary N) is 2. The van der Waals surface area contributed by atoms with E-state index in [0.717, 1.165) is 5.56 Å². The Morgan fingerprint density at radius 2 is 1.57 bits per heavy atom. The lowest BCUT2D eigenvalue weighted by molar-refractivity contribution is -0.141. The number of anilines is 2. The molecule has 3 aromatic rings. The molecule has 206 valence electrons. The van der Waals surface area contributed by atoms with Gasteiger partial charge in [0.1, 0.15) is 6.04 Å². The van der Waals surface area contributed by atoms with Gasteiger partial charge in [-0.05, 0) is 48.4 Å². The molecule has 3 aromatic carbocycles. The van der Waals surface area contributed by atoms with Gasteiger partial charge in [-0.2, -0.15) is 0 Å². The largest absolute Gasteiger partial charge is 0.394 e. The van der Waals surface area contributed by atoms with Crippen LogP contribution >= 0.6 is 39.3 Å². The van der Waals surface area contributed by atoms with Gasteiger partial charge in [0.15, 0.2) is 0 Å². The van der Waals surface area contributed by atoms with Crippen molar-refractivity contribution in [3.63, 3.8) is 0 Å². The van der Waals surface area contributed by atoms with E-state index in [1.807, 2.05) is 60.7 Å². The monoisotopic (exact) mass is 639 g/mol. The molecule has 1 spiro atoms.